The summed E-state index contributed by atoms with van der Waals surface area (Å²) in [5.41, 5.74) is 3.16. The summed E-state index contributed by atoms with van der Waals surface area (Å²) in [6.07, 6.45) is 1.73. The Balaban J connectivity index is 2.15. The molecule has 2 N–H and O–H groups in total. The van der Waals surface area contributed by atoms with Gasteiger partial charge in [0.15, 0.2) is 0 Å². The molecule has 1 atom stereocenters. The maximum absolute atomic E-state index is 11.0. The van der Waals surface area contributed by atoms with E-state index in [1.165, 1.54) is 6.92 Å². The second-order valence-corrected chi connectivity index (χ2v) is 4.01. The Morgan fingerprint density at radius 2 is 2.00 bits per heavy atom. The van der Waals surface area contributed by atoms with Crippen LogP contribution in [0.1, 0.15) is 25.5 Å². The Morgan fingerprint density at radius 3 is 2.53 bits per heavy atom. The van der Waals surface area contributed by atoms with Crippen LogP contribution in [0.3, 0.4) is 0 Å². The average molecular weight is 229 g/mol. The maximum Gasteiger partial charge on any atom is 0.217 e. The lowest BCUT2D eigenvalue weighted by atomic mass is 10.0. The molecule has 4 nitrogen and oxygen atoms in total. The fourth-order valence-electron chi connectivity index (χ4n) is 1.76. The quantitative estimate of drug-likeness (QED) is 0.848. The lowest BCUT2D eigenvalue weighted by Gasteiger charge is -2.13. The molecule has 2 rings (SSSR count). The lowest BCUT2D eigenvalue weighted by molar-refractivity contribution is -0.119. The zero-order valence-electron chi connectivity index (χ0n) is 9.90. The van der Waals surface area contributed by atoms with Crippen LogP contribution >= 0.6 is 0 Å². The molecule has 0 saturated carbocycles. The van der Waals surface area contributed by atoms with E-state index in [2.05, 4.69) is 15.5 Å². The molecule has 2 aromatic rings. The third-order valence-corrected chi connectivity index (χ3v) is 2.64. The van der Waals surface area contributed by atoms with Gasteiger partial charge in [-0.15, -0.1) is 0 Å². The van der Waals surface area contributed by atoms with Crippen LogP contribution in [0.5, 0.6) is 0 Å². The summed E-state index contributed by atoms with van der Waals surface area (Å²) >= 11 is 0. The molecule has 1 aromatic carbocycles. The van der Waals surface area contributed by atoms with Crippen LogP contribution in [0, 0.1) is 0 Å². The summed E-state index contributed by atoms with van der Waals surface area (Å²) in [5, 5.41) is 9.68. The van der Waals surface area contributed by atoms with Gasteiger partial charge in [-0.25, -0.2) is 0 Å². The number of H-pyrrole nitrogens is 1. The fourth-order valence-corrected chi connectivity index (χ4v) is 1.76. The number of amides is 1. The average Bonchev–Trinajstić information content (AvgIpc) is 2.82. The van der Waals surface area contributed by atoms with Crippen molar-refractivity contribution in [2.45, 2.75) is 19.9 Å². The van der Waals surface area contributed by atoms with Gasteiger partial charge in [-0.3, -0.25) is 9.89 Å². The van der Waals surface area contributed by atoms with Crippen molar-refractivity contribution < 1.29 is 4.79 Å². The number of hydrogen-bond acceptors (Lipinski definition) is 2. The van der Waals surface area contributed by atoms with Gasteiger partial charge in [-0.05, 0) is 24.1 Å². The predicted molar refractivity (Wildman–Crippen MR) is 66.3 cm³/mol. The van der Waals surface area contributed by atoms with Crippen molar-refractivity contribution in [2.75, 3.05) is 0 Å². The van der Waals surface area contributed by atoms with Crippen LogP contribution in [0.4, 0.5) is 0 Å². The van der Waals surface area contributed by atoms with E-state index >= 15 is 0 Å². The van der Waals surface area contributed by atoms with Crippen LogP contribution in [-0.4, -0.2) is 16.1 Å². The first-order chi connectivity index (χ1) is 8.16. The number of aromatic nitrogens is 2. The Labute approximate surface area is 100 Å². The molecule has 0 spiro atoms. The molecule has 1 amide bonds. The molecule has 88 valence electrons. The first kappa shape index (κ1) is 11.4. The highest BCUT2D eigenvalue weighted by Gasteiger charge is 2.06. The third kappa shape index (κ3) is 2.72. The molecule has 4 heteroatoms. The molecule has 0 aliphatic heterocycles. The molecular formula is C13H15N3O. The van der Waals surface area contributed by atoms with E-state index in [0.29, 0.717) is 0 Å². The number of carbonyl (C=O) groups is 1. The number of rotatable bonds is 3. The SMILES string of the molecule is CC(=O)NC(C)c1ccc(-c2ccn[nH]2)cc1. The Hall–Kier alpha value is -2.10. The number of hydrogen-bond donors (Lipinski definition) is 2. The van der Waals surface area contributed by atoms with E-state index in [1.807, 2.05) is 37.3 Å². The van der Waals surface area contributed by atoms with Crippen LogP contribution < -0.4 is 5.32 Å². The first-order valence-electron chi connectivity index (χ1n) is 5.53. The largest absolute Gasteiger partial charge is 0.350 e. The maximum atomic E-state index is 11.0. The summed E-state index contributed by atoms with van der Waals surface area (Å²) in [7, 11) is 0. The molecule has 0 aliphatic rings. The van der Waals surface area contributed by atoms with Crippen molar-refractivity contribution >= 4 is 5.91 Å². The van der Waals surface area contributed by atoms with Gasteiger partial charge >= 0.3 is 0 Å². The molecular weight excluding hydrogens is 214 g/mol. The van der Waals surface area contributed by atoms with E-state index in [9.17, 15) is 4.79 Å². The van der Waals surface area contributed by atoms with Crippen molar-refractivity contribution in [1.82, 2.24) is 15.5 Å². The summed E-state index contributed by atoms with van der Waals surface area (Å²) in [5.74, 6) is -0.0184. The van der Waals surface area contributed by atoms with E-state index in [4.69, 9.17) is 0 Å². The molecule has 1 unspecified atom stereocenters. The van der Waals surface area contributed by atoms with Gasteiger partial charge in [0.1, 0.15) is 0 Å². The van der Waals surface area contributed by atoms with Gasteiger partial charge in [-0.1, -0.05) is 24.3 Å². The first-order valence-corrected chi connectivity index (χ1v) is 5.53. The topological polar surface area (TPSA) is 57.8 Å². The second kappa shape index (κ2) is 4.82. The Bertz CT molecular complexity index is 488. The van der Waals surface area contributed by atoms with Crippen molar-refractivity contribution in [3.8, 4) is 11.3 Å². The van der Waals surface area contributed by atoms with E-state index in [-0.39, 0.29) is 11.9 Å². The number of nitrogens with zero attached hydrogens (tertiary/aromatic N) is 1. The molecule has 0 fully saturated rings. The summed E-state index contributed by atoms with van der Waals surface area (Å²) in [6.45, 7) is 3.49. The minimum atomic E-state index is -0.0184. The van der Waals surface area contributed by atoms with E-state index in [1.54, 1.807) is 6.20 Å². The fraction of sp³-hybridized carbons (Fsp3) is 0.231. The van der Waals surface area contributed by atoms with Crippen molar-refractivity contribution in [2.24, 2.45) is 0 Å². The number of nitrogens with one attached hydrogen (secondary N) is 2. The lowest BCUT2D eigenvalue weighted by Crippen LogP contribution is -2.23. The zero-order chi connectivity index (χ0) is 12.3. The van der Waals surface area contributed by atoms with Gasteiger partial charge in [0, 0.05) is 13.1 Å². The molecule has 1 aromatic heterocycles. The second-order valence-electron chi connectivity index (χ2n) is 4.01. The van der Waals surface area contributed by atoms with Gasteiger partial charge in [0.25, 0.3) is 0 Å². The van der Waals surface area contributed by atoms with Crippen LogP contribution in [0.25, 0.3) is 11.3 Å². The van der Waals surface area contributed by atoms with Crippen LogP contribution in [0.15, 0.2) is 36.5 Å². The summed E-state index contributed by atoms with van der Waals surface area (Å²) in [6, 6.07) is 10.0. The monoisotopic (exact) mass is 229 g/mol. The Morgan fingerprint density at radius 1 is 1.29 bits per heavy atom. The minimum absolute atomic E-state index is 0.0184. The van der Waals surface area contributed by atoms with Crippen LogP contribution in [0.2, 0.25) is 0 Å². The highest BCUT2D eigenvalue weighted by molar-refractivity contribution is 5.73. The highest BCUT2D eigenvalue weighted by atomic mass is 16.1. The van der Waals surface area contributed by atoms with Gasteiger partial charge in [-0.2, -0.15) is 5.10 Å². The molecule has 0 aliphatic carbocycles. The van der Waals surface area contributed by atoms with E-state index in [0.717, 1.165) is 16.8 Å². The number of carbonyl (C=O) groups excluding carboxylic acids is 1. The van der Waals surface area contributed by atoms with Gasteiger partial charge in [0.05, 0.1) is 11.7 Å². The van der Waals surface area contributed by atoms with E-state index < -0.39 is 0 Å². The normalized spacial score (nSPS) is 12.1. The van der Waals surface area contributed by atoms with Crippen molar-refractivity contribution in [3.63, 3.8) is 0 Å². The van der Waals surface area contributed by atoms with Crippen molar-refractivity contribution in [3.05, 3.63) is 42.1 Å². The third-order valence-electron chi connectivity index (χ3n) is 2.64. The number of aromatic amines is 1. The molecule has 0 bridgehead atoms. The molecule has 1 heterocycles. The predicted octanol–water partition coefficient (Wildman–Crippen LogP) is 2.27. The Kier molecular flexibility index (Phi) is 3.23. The summed E-state index contributed by atoms with van der Waals surface area (Å²) < 4.78 is 0. The van der Waals surface area contributed by atoms with Gasteiger partial charge in [0.2, 0.25) is 5.91 Å². The minimum Gasteiger partial charge on any atom is -0.350 e. The van der Waals surface area contributed by atoms with Crippen molar-refractivity contribution in [1.29, 1.82) is 0 Å². The highest BCUT2D eigenvalue weighted by Crippen LogP contribution is 2.19. The smallest absolute Gasteiger partial charge is 0.217 e. The standard InChI is InChI=1S/C13H15N3O/c1-9(15-10(2)17)11-3-5-12(6-4-11)13-7-8-14-16-13/h3-9H,1-2H3,(H,14,16)(H,15,17). The number of benzene rings is 1. The molecule has 17 heavy (non-hydrogen) atoms. The zero-order valence-corrected chi connectivity index (χ0v) is 9.90. The van der Waals surface area contributed by atoms with Gasteiger partial charge < -0.3 is 5.32 Å². The molecule has 0 radical (unpaired) electrons. The molecule has 0 saturated heterocycles. The summed E-state index contributed by atoms with van der Waals surface area (Å²) in [4.78, 5) is 11.0. The van der Waals surface area contributed by atoms with Crippen LogP contribution in [-0.2, 0) is 4.79 Å².